The Kier molecular flexibility index (Phi) is 3.56. The molecular weight excluding hydrogens is 224 g/mol. The number of hydrogen-bond acceptors (Lipinski definition) is 6. The fourth-order valence-corrected chi connectivity index (χ4v) is 2.55. The standard InChI is InChI=1S/C11H20N2O4/c1-3-13(4-2)11-12-7-9(16)8(15)6(5-14)10(7)17-11/h6-10,14-16H,3-5H2,1-2H3/t6-,7-,8-,9-,10+/m1/s1. The largest absolute Gasteiger partial charge is 0.459 e. The number of hydrogen-bond donors (Lipinski definition) is 3. The normalized spacial score (nSPS) is 39.8. The number of aliphatic imine (C=N–C) groups is 1. The van der Waals surface area contributed by atoms with Crippen LogP contribution in [0.2, 0.25) is 0 Å². The summed E-state index contributed by atoms with van der Waals surface area (Å²) in [4.78, 5) is 6.27. The van der Waals surface area contributed by atoms with Crippen molar-refractivity contribution < 1.29 is 20.1 Å². The van der Waals surface area contributed by atoms with Gasteiger partial charge in [0.25, 0.3) is 6.02 Å². The number of aliphatic hydroxyl groups excluding tert-OH is 3. The van der Waals surface area contributed by atoms with E-state index in [4.69, 9.17) is 4.74 Å². The lowest BCUT2D eigenvalue weighted by Gasteiger charge is -2.24. The van der Waals surface area contributed by atoms with Crippen molar-refractivity contribution in [2.24, 2.45) is 10.9 Å². The number of ether oxygens (including phenoxy) is 1. The van der Waals surface area contributed by atoms with E-state index in [0.29, 0.717) is 6.02 Å². The van der Waals surface area contributed by atoms with Crippen molar-refractivity contribution in [3.63, 3.8) is 0 Å². The first-order valence-corrected chi connectivity index (χ1v) is 6.10. The Hall–Kier alpha value is -0.850. The summed E-state index contributed by atoms with van der Waals surface area (Å²) in [6.45, 7) is 5.34. The smallest absolute Gasteiger partial charge is 0.288 e. The molecule has 1 aliphatic carbocycles. The van der Waals surface area contributed by atoms with E-state index in [1.165, 1.54) is 0 Å². The first-order chi connectivity index (χ1) is 8.13. The zero-order valence-electron chi connectivity index (χ0n) is 10.2. The minimum absolute atomic E-state index is 0.208. The van der Waals surface area contributed by atoms with E-state index in [-0.39, 0.29) is 6.61 Å². The van der Waals surface area contributed by atoms with Crippen molar-refractivity contribution >= 4 is 6.02 Å². The molecule has 5 atom stereocenters. The summed E-state index contributed by atoms with van der Waals surface area (Å²) < 4.78 is 5.67. The average molecular weight is 244 g/mol. The first-order valence-electron chi connectivity index (χ1n) is 6.10. The molecule has 0 radical (unpaired) electrons. The molecule has 1 fully saturated rings. The molecule has 3 N–H and O–H groups in total. The van der Waals surface area contributed by atoms with Crippen molar-refractivity contribution in [3.05, 3.63) is 0 Å². The molecule has 1 saturated carbocycles. The number of nitrogens with zero attached hydrogens (tertiary/aromatic N) is 2. The molecule has 2 aliphatic rings. The third-order valence-electron chi connectivity index (χ3n) is 3.64. The first kappa shape index (κ1) is 12.6. The van der Waals surface area contributed by atoms with E-state index in [9.17, 15) is 15.3 Å². The van der Waals surface area contributed by atoms with Crippen LogP contribution >= 0.6 is 0 Å². The van der Waals surface area contributed by atoms with Gasteiger partial charge in [0, 0.05) is 13.1 Å². The summed E-state index contributed by atoms with van der Waals surface area (Å²) >= 11 is 0. The maximum atomic E-state index is 9.85. The molecule has 6 nitrogen and oxygen atoms in total. The molecule has 1 heterocycles. The maximum absolute atomic E-state index is 9.85. The molecule has 17 heavy (non-hydrogen) atoms. The van der Waals surface area contributed by atoms with Crippen molar-refractivity contribution in [1.29, 1.82) is 0 Å². The van der Waals surface area contributed by atoms with Gasteiger partial charge in [-0.2, -0.15) is 0 Å². The summed E-state index contributed by atoms with van der Waals surface area (Å²) in [5, 5.41) is 28.8. The zero-order valence-corrected chi connectivity index (χ0v) is 10.2. The number of aliphatic hydroxyl groups is 3. The van der Waals surface area contributed by atoms with E-state index in [0.717, 1.165) is 13.1 Å². The van der Waals surface area contributed by atoms with Gasteiger partial charge in [-0.05, 0) is 13.8 Å². The SMILES string of the molecule is CCN(CC)C1=N[C@@H]2[C@@H](O)[C@H](O)[C@@H](CO)[C@@H]2O1. The van der Waals surface area contributed by atoms with Crippen LogP contribution in [0.4, 0.5) is 0 Å². The van der Waals surface area contributed by atoms with Crippen LogP contribution < -0.4 is 0 Å². The number of rotatable bonds is 3. The molecule has 0 bridgehead atoms. The predicted octanol–water partition coefficient (Wildman–Crippen LogP) is -1.20. The van der Waals surface area contributed by atoms with Gasteiger partial charge in [0.15, 0.2) is 0 Å². The number of fused-ring (bicyclic) bond motifs is 1. The van der Waals surface area contributed by atoms with Gasteiger partial charge in [-0.1, -0.05) is 0 Å². The van der Waals surface area contributed by atoms with Crippen LogP contribution in [0.1, 0.15) is 13.8 Å². The van der Waals surface area contributed by atoms with Crippen molar-refractivity contribution in [1.82, 2.24) is 4.90 Å². The van der Waals surface area contributed by atoms with E-state index in [1.54, 1.807) is 0 Å². The third kappa shape index (κ3) is 1.90. The molecule has 0 amide bonds. The lowest BCUT2D eigenvalue weighted by atomic mass is 10.1. The van der Waals surface area contributed by atoms with E-state index in [1.807, 2.05) is 18.7 Å². The summed E-state index contributed by atoms with van der Waals surface area (Å²) in [6.07, 6.45) is -2.33. The van der Waals surface area contributed by atoms with E-state index < -0.39 is 30.3 Å². The summed E-state index contributed by atoms with van der Waals surface area (Å²) in [5.41, 5.74) is 0. The molecule has 0 aromatic heterocycles. The van der Waals surface area contributed by atoms with Gasteiger partial charge in [-0.15, -0.1) is 0 Å². The quantitative estimate of drug-likeness (QED) is 0.580. The van der Waals surface area contributed by atoms with Gasteiger partial charge in [0.2, 0.25) is 0 Å². The topological polar surface area (TPSA) is 85.5 Å². The van der Waals surface area contributed by atoms with Crippen molar-refractivity contribution in [3.8, 4) is 0 Å². The van der Waals surface area contributed by atoms with Crippen molar-refractivity contribution in [2.45, 2.75) is 38.2 Å². The highest BCUT2D eigenvalue weighted by atomic mass is 16.5. The number of amidine groups is 1. The van der Waals surface area contributed by atoms with Gasteiger partial charge in [-0.3, -0.25) is 0 Å². The van der Waals surface area contributed by atoms with Gasteiger partial charge < -0.3 is 25.0 Å². The second-order valence-electron chi connectivity index (χ2n) is 4.48. The van der Waals surface area contributed by atoms with Crippen LogP contribution in [0, 0.1) is 5.92 Å². The van der Waals surface area contributed by atoms with Gasteiger partial charge in [-0.25, -0.2) is 4.99 Å². The van der Waals surface area contributed by atoms with Crippen LogP contribution in [-0.4, -0.2) is 70.3 Å². The Morgan fingerprint density at radius 3 is 2.41 bits per heavy atom. The summed E-state index contributed by atoms with van der Waals surface area (Å²) in [7, 11) is 0. The minimum Gasteiger partial charge on any atom is -0.459 e. The zero-order chi connectivity index (χ0) is 12.6. The fourth-order valence-electron chi connectivity index (χ4n) is 2.55. The Morgan fingerprint density at radius 1 is 1.24 bits per heavy atom. The van der Waals surface area contributed by atoms with Crippen LogP contribution in [0.3, 0.4) is 0 Å². The fraction of sp³-hybridized carbons (Fsp3) is 0.909. The molecule has 0 aromatic rings. The molecule has 0 unspecified atom stereocenters. The van der Waals surface area contributed by atoms with Gasteiger partial charge in [0.05, 0.1) is 18.6 Å². The second kappa shape index (κ2) is 4.80. The van der Waals surface area contributed by atoms with Crippen LogP contribution in [0.15, 0.2) is 4.99 Å². The predicted molar refractivity (Wildman–Crippen MR) is 61.6 cm³/mol. The monoisotopic (exact) mass is 244 g/mol. The average Bonchev–Trinajstić information content (AvgIpc) is 2.83. The molecule has 6 heteroatoms. The molecule has 1 aliphatic heterocycles. The second-order valence-corrected chi connectivity index (χ2v) is 4.48. The molecule has 0 saturated heterocycles. The minimum atomic E-state index is -0.961. The molecule has 0 aromatic carbocycles. The van der Waals surface area contributed by atoms with E-state index in [2.05, 4.69) is 4.99 Å². The molecular formula is C11H20N2O4. The van der Waals surface area contributed by atoms with Gasteiger partial charge >= 0.3 is 0 Å². The third-order valence-corrected chi connectivity index (χ3v) is 3.64. The van der Waals surface area contributed by atoms with E-state index >= 15 is 0 Å². The Labute approximate surface area is 101 Å². The summed E-state index contributed by atoms with van der Waals surface area (Å²) in [6, 6.07) is 0.0483. The van der Waals surface area contributed by atoms with Crippen molar-refractivity contribution in [2.75, 3.05) is 19.7 Å². The van der Waals surface area contributed by atoms with Gasteiger partial charge in [0.1, 0.15) is 18.2 Å². The Balaban J connectivity index is 2.15. The highest BCUT2D eigenvalue weighted by molar-refractivity contribution is 5.76. The van der Waals surface area contributed by atoms with Crippen LogP contribution in [0.5, 0.6) is 0 Å². The Bertz CT molecular complexity index is 306. The molecule has 2 rings (SSSR count). The summed E-state index contributed by atoms with van der Waals surface area (Å²) in [5.74, 6) is -0.466. The molecule has 98 valence electrons. The lowest BCUT2D eigenvalue weighted by Crippen LogP contribution is -2.36. The Morgan fingerprint density at radius 2 is 1.88 bits per heavy atom. The lowest BCUT2D eigenvalue weighted by molar-refractivity contribution is -0.00849. The van der Waals surface area contributed by atoms with Crippen LogP contribution in [-0.2, 0) is 4.74 Å². The highest BCUT2D eigenvalue weighted by Gasteiger charge is 2.54. The maximum Gasteiger partial charge on any atom is 0.288 e. The highest BCUT2D eigenvalue weighted by Crippen LogP contribution is 2.35. The van der Waals surface area contributed by atoms with Crippen LogP contribution in [0.25, 0.3) is 0 Å². The molecule has 0 spiro atoms.